The van der Waals surface area contributed by atoms with Gasteiger partial charge in [0.1, 0.15) is 17.3 Å². The molecule has 4 aromatic rings. The Morgan fingerprint density at radius 2 is 1.68 bits per heavy atom. The number of aromatic nitrogens is 2. The molecule has 0 saturated carbocycles. The van der Waals surface area contributed by atoms with Crippen LogP contribution in [0.15, 0.2) is 81.7 Å². The van der Waals surface area contributed by atoms with Crippen molar-refractivity contribution in [2.24, 2.45) is 0 Å². The van der Waals surface area contributed by atoms with Gasteiger partial charge in [-0.2, -0.15) is 18.3 Å². The molecule has 1 aliphatic heterocycles. The number of nitro groups is 1. The van der Waals surface area contributed by atoms with E-state index in [1.165, 1.54) is 18.2 Å². The minimum absolute atomic E-state index is 0.00496. The first-order valence-electron chi connectivity index (χ1n) is 11.7. The van der Waals surface area contributed by atoms with E-state index in [0.717, 1.165) is 19.7 Å². The molecule has 1 aliphatic rings. The second-order valence-corrected chi connectivity index (χ2v) is 10.7. The molecule has 3 aromatic carbocycles. The van der Waals surface area contributed by atoms with Crippen LogP contribution in [0.3, 0.4) is 0 Å². The van der Waals surface area contributed by atoms with Crippen LogP contribution in [0.2, 0.25) is 0 Å². The molecule has 0 radical (unpaired) electrons. The predicted octanol–water partition coefficient (Wildman–Crippen LogP) is 8.02. The van der Waals surface area contributed by atoms with Gasteiger partial charge in [-0.25, -0.2) is 4.68 Å². The second kappa shape index (κ2) is 10.9. The summed E-state index contributed by atoms with van der Waals surface area (Å²) in [5, 5.41) is 20.9. The highest BCUT2D eigenvalue weighted by Crippen LogP contribution is 2.44. The Morgan fingerprint density at radius 3 is 2.30 bits per heavy atom. The number of hydrogen-bond acceptors (Lipinski definition) is 6. The lowest BCUT2D eigenvalue weighted by Gasteiger charge is -2.33. The maximum Gasteiger partial charge on any atom is 0.410 e. The van der Waals surface area contributed by atoms with E-state index < -0.39 is 29.1 Å². The van der Waals surface area contributed by atoms with Gasteiger partial charge < -0.3 is 15.4 Å². The summed E-state index contributed by atoms with van der Waals surface area (Å²) >= 11 is 6.62. The average molecular weight is 681 g/mol. The van der Waals surface area contributed by atoms with Crippen molar-refractivity contribution in [1.29, 1.82) is 0 Å². The number of anilines is 2. The molecule has 0 fully saturated rings. The number of carbonyl (C=O) groups is 1. The van der Waals surface area contributed by atoms with Crippen LogP contribution in [-0.2, 0) is 0 Å². The van der Waals surface area contributed by atoms with E-state index in [1.807, 2.05) is 0 Å². The number of alkyl halides is 3. The molecule has 0 saturated heterocycles. The van der Waals surface area contributed by atoms with E-state index in [0.29, 0.717) is 11.3 Å². The first kappa shape index (κ1) is 27.6. The van der Waals surface area contributed by atoms with Crippen LogP contribution in [0.4, 0.5) is 30.4 Å². The van der Waals surface area contributed by atoms with Crippen LogP contribution >= 0.6 is 31.9 Å². The van der Waals surface area contributed by atoms with E-state index in [4.69, 9.17) is 4.74 Å². The van der Waals surface area contributed by atoms with Crippen molar-refractivity contribution >= 4 is 55.0 Å². The maximum atomic E-state index is 14.0. The Balaban J connectivity index is 1.42. The molecule has 1 aromatic heterocycles. The number of benzene rings is 3. The lowest BCUT2D eigenvalue weighted by molar-refractivity contribution is -0.384. The summed E-state index contributed by atoms with van der Waals surface area (Å²) in [5.74, 6) is -0.357. The molecule has 40 heavy (non-hydrogen) atoms. The van der Waals surface area contributed by atoms with Crippen molar-refractivity contribution in [2.75, 3.05) is 10.6 Å². The van der Waals surface area contributed by atoms with E-state index >= 15 is 0 Å². The molecule has 1 amide bonds. The van der Waals surface area contributed by atoms with Gasteiger partial charge in [-0.05, 0) is 42.0 Å². The van der Waals surface area contributed by atoms with Gasteiger partial charge in [0.25, 0.3) is 11.6 Å². The zero-order valence-electron chi connectivity index (χ0n) is 20.2. The molecule has 206 valence electrons. The van der Waals surface area contributed by atoms with Crippen molar-refractivity contribution in [3.63, 3.8) is 0 Å². The molecule has 0 aliphatic carbocycles. The summed E-state index contributed by atoms with van der Waals surface area (Å²) in [5.41, 5.74) is -0.00330. The SMILES string of the molecule is O=C(Nc1cc(Oc2ccc(Br)cc2)cc([N+](=O)[O-])c1)c1cc2n(n1)C(C(F)(F)F)CC(c1ccc(Br)cc1)N2. The summed E-state index contributed by atoms with van der Waals surface area (Å²) in [7, 11) is 0. The van der Waals surface area contributed by atoms with Gasteiger partial charge >= 0.3 is 6.18 Å². The van der Waals surface area contributed by atoms with Crippen molar-refractivity contribution in [1.82, 2.24) is 9.78 Å². The fourth-order valence-electron chi connectivity index (χ4n) is 4.25. The molecule has 9 nitrogen and oxygen atoms in total. The van der Waals surface area contributed by atoms with Crippen LogP contribution < -0.4 is 15.4 Å². The highest BCUT2D eigenvalue weighted by Gasteiger charge is 2.46. The largest absolute Gasteiger partial charge is 0.457 e. The van der Waals surface area contributed by atoms with Crippen LogP contribution in [0, 0.1) is 10.1 Å². The fourth-order valence-corrected chi connectivity index (χ4v) is 4.78. The van der Waals surface area contributed by atoms with Crippen molar-refractivity contribution < 1.29 is 27.6 Å². The fraction of sp³-hybridized carbons (Fsp3) is 0.154. The molecular weight excluding hydrogens is 663 g/mol. The lowest BCUT2D eigenvalue weighted by atomic mass is 9.97. The number of nitrogens with one attached hydrogen (secondary N) is 2. The number of non-ortho nitro benzene ring substituents is 1. The number of nitro benzene ring substituents is 1. The monoisotopic (exact) mass is 679 g/mol. The maximum absolute atomic E-state index is 14.0. The van der Waals surface area contributed by atoms with Crippen LogP contribution in [0.25, 0.3) is 0 Å². The summed E-state index contributed by atoms with van der Waals surface area (Å²) < 4.78 is 50.1. The van der Waals surface area contributed by atoms with E-state index in [2.05, 4.69) is 47.6 Å². The topological polar surface area (TPSA) is 111 Å². The standard InChI is InChI=1S/C26H18Br2F3N5O4/c27-15-3-1-14(2-4-15)21-12-23(26(29,30)31)35-24(33-21)13-22(34-35)25(37)32-17-9-18(36(38)39)11-20(10-17)40-19-7-5-16(28)6-8-19/h1-11,13,21,23,33H,12H2,(H,32,37). The highest BCUT2D eigenvalue weighted by atomic mass is 79.9. The number of halogens is 5. The van der Waals surface area contributed by atoms with Gasteiger partial charge in [0, 0.05) is 33.6 Å². The number of ether oxygens (including phenoxy) is 1. The molecule has 14 heteroatoms. The first-order valence-corrected chi connectivity index (χ1v) is 13.3. The van der Waals surface area contributed by atoms with Crippen molar-refractivity contribution in [3.05, 3.63) is 103 Å². The molecule has 2 atom stereocenters. The van der Waals surface area contributed by atoms with Crippen molar-refractivity contribution in [2.45, 2.75) is 24.7 Å². The average Bonchev–Trinajstić information content (AvgIpc) is 3.33. The van der Waals surface area contributed by atoms with Gasteiger partial charge in [0.05, 0.1) is 22.7 Å². The van der Waals surface area contributed by atoms with E-state index in [9.17, 15) is 28.1 Å². The minimum atomic E-state index is -4.62. The van der Waals surface area contributed by atoms with Gasteiger partial charge in [0.15, 0.2) is 11.7 Å². The number of hydrogen-bond donors (Lipinski definition) is 2. The Labute approximate surface area is 241 Å². The van der Waals surface area contributed by atoms with Crippen LogP contribution in [-0.4, -0.2) is 26.8 Å². The molecule has 0 bridgehead atoms. The Kier molecular flexibility index (Phi) is 7.55. The van der Waals surface area contributed by atoms with E-state index in [-0.39, 0.29) is 35.1 Å². The molecular formula is C26H18Br2F3N5O4. The zero-order valence-corrected chi connectivity index (χ0v) is 23.3. The number of carbonyl (C=O) groups excluding carboxylic acids is 1. The number of fused-ring (bicyclic) bond motifs is 1. The third-order valence-electron chi connectivity index (χ3n) is 6.10. The molecule has 0 spiro atoms. The van der Waals surface area contributed by atoms with E-state index in [1.54, 1.807) is 48.5 Å². The predicted molar refractivity (Wildman–Crippen MR) is 148 cm³/mol. The van der Waals surface area contributed by atoms with Crippen molar-refractivity contribution in [3.8, 4) is 11.5 Å². The first-order chi connectivity index (χ1) is 19.0. The molecule has 2 heterocycles. The Hall–Kier alpha value is -3.91. The molecule has 5 rings (SSSR count). The minimum Gasteiger partial charge on any atom is -0.457 e. The van der Waals surface area contributed by atoms with Gasteiger partial charge in [-0.1, -0.05) is 44.0 Å². The van der Waals surface area contributed by atoms with Gasteiger partial charge in [-0.3, -0.25) is 14.9 Å². The summed E-state index contributed by atoms with van der Waals surface area (Å²) in [6.45, 7) is 0. The lowest BCUT2D eigenvalue weighted by Crippen LogP contribution is -2.35. The normalized spacial score (nSPS) is 16.5. The summed E-state index contributed by atoms with van der Waals surface area (Å²) in [6.07, 6.45) is -4.95. The van der Waals surface area contributed by atoms with Gasteiger partial charge in [0.2, 0.25) is 0 Å². The third-order valence-corrected chi connectivity index (χ3v) is 7.16. The van der Waals surface area contributed by atoms with Gasteiger partial charge in [-0.15, -0.1) is 0 Å². The third kappa shape index (κ3) is 6.12. The molecule has 2 N–H and O–H groups in total. The number of amides is 1. The quantitative estimate of drug-likeness (QED) is 0.158. The Bertz CT molecular complexity index is 1580. The Morgan fingerprint density at radius 1 is 1.02 bits per heavy atom. The second-order valence-electron chi connectivity index (χ2n) is 8.88. The smallest absolute Gasteiger partial charge is 0.410 e. The number of nitrogens with zero attached hydrogens (tertiary/aromatic N) is 3. The number of rotatable bonds is 6. The zero-order chi connectivity index (χ0) is 28.6. The summed E-state index contributed by atoms with van der Waals surface area (Å²) in [4.78, 5) is 23.9. The highest BCUT2D eigenvalue weighted by molar-refractivity contribution is 9.10. The molecule has 2 unspecified atom stereocenters. The summed E-state index contributed by atoms with van der Waals surface area (Å²) in [6, 6.07) is 15.9. The van der Waals surface area contributed by atoms with Crippen LogP contribution in [0.1, 0.15) is 34.6 Å². The van der Waals surface area contributed by atoms with Crippen LogP contribution in [0.5, 0.6) is 11.5 Å².